The Morgan fingerprint density at radius 2 is 1.95 bits per heavy atom. The van der Waals surface area contributed by atoms with Crippen molar-refractivity contribution < 1.29 is 5.11 Å². The van der Waals surface area contributed by atoms with E-state index in [1.807, 2.05) is 6.07 Å². The molecular formula is C16H22ClNO. The van der Waals surface area contributed by atoms with Crippen molar-refractivity contribution in [2.75, 3.05) is 6.54 Å². The number of nitrogens with one attached hydrogen (secondary N) is 1. The number of aromatic hydroxyl groups is 1. The molecule has 1 aromatic carbocycles. The van der Waals surface area contributed by atoms with Crippen LogP contribution < -0.4 is 5.32 Å². The van der Waals surface area contributed by atoms with Crippen molar-refractivity contribution in [1.82, 2.24) is 5.32 Å². The molecule has 2 N–H and O–H groups in total. The predicted molar refractivity (Wildman–Crippen MR) is 79.0 cm³/mol. The average molecular weight is 280 g/mol. The van der Waals surface area contributed by atoms with Gasteiger partial charge in [0.1, 0.15) is 5.75 Å². The van der Waals surface area contributed by atoms with Gasteiger partial charge in [0.2, 0.25) is 0 Å². The van der Waals surface area contributed by atoms with E-state index < -0.39 is 0 Å². The molecule has 1 aromatic rings. The molecular weight excluding hydrogens is 258 g/mol. The molecule has 1 heterocycles. The zero-order valence-corrected chi connectivity index (χ0v) is 12.1. The van der Waals surface area contributed by atoms with Gasteiger partial charge in [0, 0.05) is 11.6 Å². The van der Waals surface area contributed by atoms with Crippen LogP contribution in [0.3, 0.4) is 0 Å². The maximum Gasteiger partial charge on any atom is 0.139 e. The van der Waals surface area contributed by atoms with Crippen molar-refractivity contribution >= 4 is 11.6 Å². The number of hydrogen-bond donors (Lipinski definition) is 2. The second kappa shape index (κ2) is 5.72. The van der Waals surface area contributed by atoms with Crippen LogP contribution in [0.5, 0.6) is 5.75 Å². The molecule has 2 aliphatic rings. The van der Waals surface area contributed by atoms with Crippen LogP contribution in [0.15, 0.2) is 6.07 Å². The maximum absolute atomic E-state index is 10.4. The summed E-state index contributed by atoms with van der Waals surface area (Å²) in [7, 11) is 0. The molecule has 0 radical (unpaired) electrons. The summed E-state index contributed by atoms with van der Waals surface area (Å²) in [6.07, 6.45) is 9.53. The third-order valence-electron chi connectivity index (χ3n) is 4.53. The molecule has 3 heteroatoms. The topological polar surface area (TPSA) is 32.3 Å². The molecule has 1 aliphatic heterocycles. The van der Waals surface area contributed by atoms with Crippen molar-refractivity contribution in [3.8, 4) is 5.75 Å². The summed E-state index contributed by atoms with van der Waals surface area (Å²) in [5.41, 5.74) is 3.84. The summed E-state index contributed by atoms with van der Waals surface area (Å²) in [6.45, 7) is 1.05. The Balaban J connectivity index is 2.07. The normalized spacial score (nSPS) is 23.7. The van der Waals surface area contributed by atoms with Gasteiger partial charge in [-0.15, -0.1) is 0 Å². The minimum Gasteiger partial charge on any atom is -0.506 e. The molecule has 104 valence electrons. The highest BCUT2D eigenvalue weighted by atomic mass is 35.5. The van der Waals surface area contributed by atoms with E-state index in [-0.39, 0.29) is 0 Å². The summed E-state index contributed by atoms with van der Waals surface area (Å²) < 4.78 is 0. The summed E-state index contributed by atoms with van der Waals surface area (Å²) in [5, 5.41) is 14.5. The molecule has 1 fully saturated rings. The van der Waals surface area contributed by atoms with E-state index in [4.69, 9.17) is 11.6 Å². The number of fused-ring (bicyclic) bond motifs is 1. The van der Waals surface area contributed by atoms with Gasteiger partial charge < -0.3 is 10.4 Å². The highest BCUT2D eigenvalue weighted by molar-refractivity contribution is 6.32. The lowest BCUT2D eigenvalue weighted by Crippen LogP contribution is -2.28. The lowest BCUT2D eigenvalue weighted by atomic mass is 9.88. The molecule has 1 atom stereocenters. The van der Waals surface area contributed by atoms with Crippen LogP contribution in [-0.4, -0.2) is 11.7 Å². The Morgan fingerprint density at radius 3 is 2.74 bits per heavy atom. The van der Waals surface area contributed by atoms with E-state index in [0.717, 1.165) is 31.4 Å². The number of rotatable bonds is 1. The first-order valence-corrected chi connectivity index (χ1v) is 7.91. The zero-order valence-electron chi connectivity index (χ0n) is 11.3. The van der Waals surface area contributed by atoms with E-state index in [1.54, 1.807) is 0 Å². The number of hydrogen-bond acceptors (Lipinski definition) is 2. The van der Waals surface area contributed by atoms with Gasteiger partial charge in [-0.1, -0.05) is 24.4 Å². The van der Waals surface area contributed by atoms with Crippen molar-refractivity contribution in [1.29, 1.82) is 0 Å². The molecule has 1 aliphatic carbocycles. The van der Waals surface area contributed by atoms with Gasteiger partial charge in [-0.3, -0.25) is 0 Å². The summed E-state index contributed by atoms with van der Waals surface area (Å²) in [4.78, 5) is 0. The van der Waals surface area contributed by atoms with Crippen molar-refractivity contribution in [3.63, 3.8) is 0 Å². The van der Waals surface area contributed by atoms with Gasteiger partial charge >= 0.3 is 0 Å². The van der Waals surface area contributed by atoms with Crippen LogP contribution in [0.1, 0.15) is 61.3 Å². The van der Waals surface area contributed by atoms with E-state index in [2.05, 4.69) is 5.32 Å². The summed E-state index contributed by atoms with van der Waals surface area (Å²) in [5.74, 6) is 0.321. The van der Waals surface area contributed by atoms with E-state index in [0.29, 0.717) is 16.8 Å². The number of phenols is 1. The fourth-order valence-corrected chi connectivity index (χ4v) is 3.77. The number of aryl methyl sites for hydroxylation is 1. The number of phenolic OH excluding ortho intramolecular Hbond substituents is 1. The number of benzene rings is 1. The van der Waals surface area contributed by atoms with Crippen LogP contribution in [0, 0.1) is 0 Å². The summed E-state index contributed by atoms with van der Waals surface area (Å²) in [6, 6.07) is 2.28. The van der Waals surface area contributed by atoms with E-state index in [9.17, 15) is 5.11 Å². The second-order valence-corrected chi connectivity index (χ2v) is 6.23. The third-order valence-corrected chi connectivity index (χ3v) is 4.81. The smallest absolute Gasteiger partial charge is 0.139 e. The van der Waals surface area contributed by atoms with Gasteiger partial charge in [0.15, 0.2) is 0 Å². The van der Waals surface area contributed by atoms with Crippen LogP contribution in [0.25, 0.3) is 0 Å². The molecule has 0 saturated carbocycles. The highest BCUT2D eigenvalue weighted by Crippen LogP contribution is 2.41. The number of piperidine rings is 1. The van der Waals surface area contributed by atoms with Crippen LogP contribution in [0.4, 0.5) is 0 Å². The Labute approximate surface area is 120 Å². The fraction of sp³-hybridized carbons (Fsp3) is 0.625. The maximum atomic E-state index is 10.4. The molecule has 0 spiro atoms. The monoisotopic (exact) mass is 279 g/mol. The Kier molecular flexibility index (Phi) is 3.99. The Hall–Kier alpha value is -0.730. The first-order chi connectivity index (χ1) is 9.27. The van der Waals surface area contributed by atoms with E-state index in [1.165, 1.54) is 43.2 Å². The molecule has 3 rings (SSSR count). The van der Waals surface area contributed by atoms with Crippen LogP contribution >= 0.6 is 11.6 Å². The predicted octanol–water partition coefficient (Wildman–Crippen LogP) is 4.13. The minimum absolute atomic E-state index is 0.291. The standard InChI is InChI=1S/C16H22ClNO/c17-13-10-11-6-2-1-3-7-12(11)15(16(13)19)14-8-4-5-9-18-14/h10,14,18-19H,1-9H2. The minimum atomic E-state index is 0.291. The van der Waals surface area contributed by atoms with Crippen LogP contribution in [0.2, 0.25) is 5.02 Å². The fourth-order valence-electron chi connectivity index (χ4n) is 3.54. The van der Waals surface area contributed by atoms with Gasteiger partial charge in [0.25, 0.3) is 0 Å². The number of halogens is 1. The first-order valence-electron chi connectivity index (χ1n) is 7.54. The molecule has 1 saturated heterocycles. The van der Waals surface area contributed by atoms with Crippen LogP contribution in [-0.2, 0) is 12.8 Å². The van der Waals surface area contributed by atoms with Gasteiger partial charge in [-0.25, -0.2) is 0 Å². The first kappa shape index (κ1) is 13.3. The second-order valence-electron chi connectivity index (χ2n) is 5.82. The van der Waals surface area contributed by atoms with Crippen molar-refractivity contribution in [2.45, 2.75) is 57.4 Å². The molecule has 0 aromatic heterocycles. The van der Waals surface area contributed by atoms with Gasteiger partial charge in [-0.2, -0.15) is 0 Å². The van der Waals surface area contributed by atoms with Crippen molar-refractivity contribution in [3.05, 3.63) is 27.8 Å². The molecule has 19 heavy (non-hydrogen) atoms. The molecule has 0 amide bonds. The highest BCUT2D eigenvalue weighted by Gasteiger charge is 2.25. The van der Waals surface area contributed by atoms with Gasteiger partial charge in [-0.05, 0) is 62.3 Å². The lowest BCUT2D eigenvalue weighted by Gasteiger charge is -2.28. The largest absolute Gasteiger partial charge is 0.506 e. The molecule has 0 bridgehead atoms. The lowest BCUT2D eigenvalue weighted by molar-refractivity contribution is 0.388. The van der Waals surface area contributed by atoms with E-state index >= 15 is 0 Å². The quantitative estimate of drug-likeness (QED) is 0.758. The zero-order chi connectivity index (χ0) is 13.2. The average Bonchev–Trinajstić information content (AvgIpc) is 2.66. The Bertz CT molecular complexity index is 466. The molecule has 1 unspecified atom stereocenters. The summed E-state index contributed by atoms with van der Waals surface area (Å²) >= 11 is 6.25. The molecule has 2 nitrogen and oxygen atoms in total. The SMILES string of the molecule is Oc1c(Cl)cc2c(c1C1CCCCN1)CCCCC2. The van der Waals surface area contributed by atoms with Gasteiger partial charge in [0.05, 0.1) is 5.02 Å². The Morgan fingerprint density at radius 1 is 1.11 bits per heavy atom. The third kappa shape index (κ3) is 2.61. The van der Waals surface area contributed by atoms with Crippen molar-refractivity contribution in [2.24, 2.45) is 0 Å².